The molecule has 0 aliphatic carbocycles. The Labute approximate surface area is 215 Å². The van der Waals surface area contributed by atoms with Gasteiger partial charge in [-0.05, 0) is 56.7 Å². The van der Waals surface area contributed by atoms with E-state index in [1.54, 1.807) is 26.8 Å². The van der Waals surface area contributed by atoms with E-state index in [0.29, 0.717) is 5.56 Å². The number of carbonyl (C=O) groups is 1. The number of nitriles is 1. The van der Waals surface area contributed by atoms with Crippen molar-refractivity contribution in [3.05, 3.63) is 75.7 Å². The lowest BCUT2D eigenvalue weighted by Gasteiger charge is -2.24. The van der Waals surface area contributed by atoms with Crippen LogP contribution < -0.4 is 20.1 Å². The molecule has 3 aromatic rings. The second-order valence-corrected chi connectivity index (χ2v) is 9.38. The highest BCUT2D eigenvalue weighted by Gasteiger charge is 2.31. The van der Waals surface area contributed by atoms with Crippen LogP contribution >= 0.6 is 0 Å². The first kappa shape index (κ1) is 26.5. The predicted octanol–water partition coefficient (Wildman–Crippen LogP) is 5.26. The molecule has 0 N–H and O–H groups in total. The fourth-order valence-corrected chi connectivity index (χ4v) is 3.66. The van der Waals surface area contributed by atoms with Crippen LogP contribution in [0.1, 0.15) is 37.5 Å². The van der Waals surface area contributed by atoms with E-state index < -0.39 is 29.1 Å². The summed E-state index contributed by atoms with van der Waals surface area (Å²) in [7, 11) is 0. The summed E-state index contributed by atoms with van der Waals surface area (Å²) in [6.45, 7) is 5.64. The summed E-state index contributed by atoms with van der Waals surface area (Å²) in [4.78, 5) is 30.2. The van der Waals surface area contributed by atoms with Gasteiger partial charge in [-0.25, -0.2) is 9.59 Å². The highest BCUT2D eigenvalue weighted by atomic mass is 19.4. The molecule has 0 spiro atoms. The number of carbonyl (C=O) groups excluding carboxylic acids is 1. The van der Waals surface area contributed by atoms with Crippen molar-refractivity contribution >= 4 is 11.9 Å². The second kappa shape index (κ2) is 10.1. The van der Waals surface area contributed by atoms with Crippen molar-refractivity contribution < 1.29 is 32.2 Å². The third-order valence-electron chi connectivity index (χ3n) is 5.34. The molecule has 198 valence electrons. The first-order chi connectivity index (χ1) is 17.8. The minimum atomic E-state index is -4.53. The predicted molar refractivity (Wildman–Crippen MR) is 129 cm³/mol. The number of hydrogen-bond donors (Lipinski definition) is 0. The third-order valence-corrected chi connectivity index (χ3v) is 5.34. The van der Waals surface area contributed by atoms with Gasteiger partial charge in [-0.2, -0.15) is 23.4 Å². The Balaban J connectivity index is 1.49. The van der Waals surface area contributed by atoms with Crippen molar-refractivity contribution in [3.8, 4) is 23.4 Å². The molecule has 12 heteroatoms. The summed E-state index contributed by atoms with van der Waals surface area (Å²) in [6, 6.07) is 12.2. The maximum absolute atomic E-state index is 13.0. The van der Waals surface area contributed by atoms with E-state index in [9.17, 15) is 28.0 Å². The van der Waals surface area contributed by atoms with Crippen LogP contribution in [0.2, 0.25) is 0 Å². The second-order valence-electron chi connectivity index (χ2n) is 9.38. The zero-order valence-electron chi connectivity index (χ0n) is 20.7. The van der Waals surface area contributed by atoms with Crippen LogP contribution in [0.4, 0.5) is 23.8 Å². The first-order valence-electron chi connectivity index (χ1n) is 11.5. The van der Waals surface area contributed by atoms with Crippen molar-refractivity contribution in [3.63, 3.8) is 0 Å². The summed E-state index contributed by atoms with van der Waals surface area (Å²) < 4.78 is 56.9. The number of benzene rings is 2. The summed E-state index contributed by atoms with van der Waals surface area (Å²) >= 11 is 0. The minimum absolute atomic E-state index is 0.0282. The molecule has 4 rings (SSSR count). The number of rotatable bonds is 5. The Morgan fingerprint density at radius 2 is 1.87 bits per heavy atom. The molecule has 9 nitrogen and oxygen atoms in total. The smallest absolute Gasteiger partial charge is 0.416 e. The lowest BCUT2D eigenvalue weighted by molar-refractivity contribution is -0.137. The van der Waals surface area contributed by atoms with E-state index in [2.05, 4.69) is 4.98 Å². The van der Waals surface area contributed by atoms with Crippen LogP contribution in [-0.2, 0) is 24.1 Å². The SMILES string of the molecule is CC(C)(C)OC(=O)N1CCn2c1cc(OCc1ccc(Oc3cccc(C(F)(F)F)c3)c(C#N)c1)nc2=O. The molecule has 0 fully saturated rings. The minimum Gasteiger partial charge on any atom is -0.473 e. The molecular weight excluding hydrogens is 505 g/mol. The maximum atomic E-state index is 13.0. The van der Waals surface area contributed by atoms with Crippen LogP contribution in [0.15, 0.2) is 53.3 Å². The zero-order valence-corrected chi connectivity index (χ0v) is 20.7. The number of nitrogens with zero attached hydrogens (tertiary/aromatic N) is 4. The van der Waals surface area contributed by atoms with Crippen molar-refractivity contribution in [1.29, 1.82) is 5.26 Å². The molecule has 1 amide bonds. The van der Waals surface area contributed by atoms with Gasteiger partial charge in [0.25, 0.3) is 0 Å². The number of aromatic nitrogens is 2. The van der Waals surface area contributed by atoms with E-state index in [-0.39, 0.29) is 48.5 Å². The lowest BCUT2D eigenvalue weighted by atomic mass is 10.1. The van der Waals surface area contributed by atoms with Crippen LogP contribution in [0.25, 0.3) is 0 Å². The van der Waals surface area contributed by atoms with Gasteiger partial charge >= 0.3 is 18.0 Å². The van der Waals surface area contributed by atoms with Gasteiger partial charge in [-0.15, -0.1) is 0 Å². The molecule has 0 radical (unpaired) electrons. The van der Waals surface area contributed by atoms with Crippen LogP contribution in [0.3, 0.4) is 0 Å². The van der Waals surface area contributed by atoms with Crippen molar-refractivity contribution in [2.75, 3.05) is 11.4 Å². The molecule has 0 unspecified atom stereocenters. The number of halogens is 3. The summed E-state index contributed by atoms with van der Waals surface area (Å²) in [6.07, 6.45) is -5.13. The standard InChI is InChI=1S/C26H23F3N4O5/c1-25(2,3)38-24(35)33-10-9-32-22(33)13-21(31-23(32)34)36-15-16-7-8-20(17(11-16)14-30)37-19-6-4-5-18(12-19)26(27,28)29/h4-8,11-13H,9-10,15H2,1-3H3. The maximum Gasteiger partial charge on any atom is 0.416 e. The normalized spacial score (nSPS) is 13.0. The Bertz CT molecular complexity index is 1470. The van der Waals surface area contributed by atoms with Gasteiger partial charge in [-0.3, -0.25) is 9.47 Å². The molecule has 2 heterocycles. The van der Waals surface area contributed by atoms with E-state index in [0.717, 1.165) is 12.1 Å². The van der Waals surface area contributed by atoms with Gasteiger partial charge in [0.05, 0.1) is 11.1 Å². The highest BCUT2D eigenvalue weighted by molar-refractivity contribution is 5.87. The molecule has 2 aromatic carbocycles. The van der Waals surface area contributed by atoms with Crippen molar-refractivity contribution in [2.45, 2.75) is 45.7 Å². The Morgan fingerprint density at radius 1 is 1.11 bits per heavy atom. The zero-order chi connectivity index (χ0) is 27.7. The summed E-state index contributed by atoms with van der Waals surface area (Å²) in [5.41, 5.74) is -1.59. The van der Waals surface area contributed by atoms with Crippen LogP contribution in [0, 0.1) is 11.3 Å². The molecule has 0 bridgehead atoms. The number of alkyl halides is 3. The van der Waals surface area contributed by atoms with Gasteiger partial charge < -0.3 is 14.2 Å². The largest absolute Gasteiger partial charge is 0.473 e. The summed E-state index contributed by atoms with van der Waals surface area (Å²) in [5, 5.41) is 9.54. The molecule has 0 saturated carbocycles. The highest BCUT2D eigenvalue weighted by Crippen LogP contribution is 2.34. The molecule has 1 aromatic heterocycles. The fourth-order valence-electron chi connectivity index (χ4n) is 3.66. The van der Waals surface area contributed by atoms with E-state index in [4.69, 9.17) is 14.2 Å². The van der Waals surface area contributed by atoms with Crippen LogP contribution in [0.5, 0.6) is 17.4 Å². The Hall–Kier alpha value is -4.53. The fraction of sp³-hybridized carbons (Fsp3) is 0.308. The third kappa shape index (κ3) is 6.05. The van der Waals surface area contributed by atoms with Gasteiger partial charge in [0.1, 0.15) is 35.6 Å². The molecule has 0 saturated heterocycles. The average molecular weight is 528 g/mol. The Morgan fingerprint density at radius 3 is 2.55 bits per heavy atom. The monoisotopic (exact) mass is 528 g/mol. The van der Waals surface area contributed by atoms with Crippen molar-refractivity contribution in [2.24, 2.45) is 0 Å². The van der Waals surface area contributed by atoms with E-state index >= 15 is 0 Å². The van der Waals surface area contributed by atoms with Gasteiger partial charge in [0.15, 0.2) is 0 Å². The molecule has 38 heavy (non-hydrogen) atoms. The number of ether oxygens (including phenoxy) is 3. The van der Waals surface area contributed by atoms with Gasteiger partial charge in [0, 0.05) is 19.2 Å². The van der Waals surface area contributed by atoms with E-state index in [1.807, 2.05) is 6.07 Å². The number of hydrogen-bond acceptors (Lipinski definition) is 7. The lowest BCUT2D eigenvalue weighted by Crippen LogP contribution is -2.36. The van der Waals surface area contributed by atoms with Gasteiger partial charge in [-0.1, -0.05) is 12.1 Å². The molecule has 1 aliphatic heterocycles. The van der Waals surface area contributed by atoms with Crippen molar-refractivity contribution in [1.82, 2.24) is 9.55 Å². The first-order valence-corrected chi connectivity index (χ1v) is 11.5. The average Bonchev–Trinajstić information content (AvgIpc) is 3.27. The molecular formula is C26H23F3N4O5. The summed E-state index contributed by atoms with van der Waals surface area (Å²) in [5.74, 6) is 0.256. The molecule has 0 atom stereocenters. The van der Waals surface area contributed by atoms with Crippen LogP contribution in [-0.4, -0.2) is 27.8 Å². The Kier molecular flexibility index (Phi) is 7.04. The number of fused-ring (bicyclic) bond motifs is 1. The quantitative estimate of drug-likeness (QED) is 0.445. The molecule has 1 aliphatic rings. The number of amides is 1. The number of anilines is 1. The van der Waals surface area contributed by atoms with E-state index in [1.165, 1.54) is 39.8 Å². The topological polar surface area (TPSA) is 107 Å². The van der Waals surface area contributed by atoms with Gasteiger partial charge in [0.2, 0.25) is 5.88 Å².